The first kappa shape index (κ1) is 26.7. The Morgan fingerprint density at radius 3 is 2.31 bits per heavy atom. The van der Waals surface area contributed by atoms with Gasteiger partial charge in [-0.25, -0.2) is 8.42 Å². The molecule has 3 heterocycles. The highest BCUT2D eigenvalue weighted by Crippen LogP contribution is 2.38. The zero-order valence-corrected chi connectivity index (χ0v) is 23.0. The second-order valence-electron chi connectivity index (χ2n) is 9.66. The minimum Gasteiger partial charge on any atom is -0.373 e. The first-order valence-electron chi connectivity index (χ1n) is 12.2. The highest BCUT2D eigenvalue weighted by molar-refractivity contribution is 7.89. The highest BCUT2D eigenvalue weighted by atomic mass is 32.2. The number of hydrogen-bond donors (Lipinski definition) is 2. The monoisotopic (exact) mass is 534 g/mol. The summed E-state index contributed by atoms with van der Waals surface area (Å²) < 4.78 is 33.3. The Morgan fingerprint density at radius 1 is 1.08 bits per heavy atom. The number of nitrogens with one attached hydrogen (secondary N) is 2. The van der Waals surface area contributed by atoms with Crippen molar-refractivity contribution in [2.75, 3.05) is 32.0 Å². The van der Waals surface area contributed by atoms with E-state index in [0.29, 0.717) is 22.2 Å². The summed E-state index contributed by atoms with van der Waals surface area (Å²) >= 11 is 1.43. The van der Waals surface area contributed by atoms with Crippen molar-refractivity contribution < 1.29 is 22.7 Å². The van der Waals surface area contributed by atoms with Crippen LogP contribution < -0.4 is 10.6 Å². The molecule has 2 aliphatic heterocycles. The lowest BCUT2D eigenvalue weighted by atomic mass is 10.0. The molecule has 0 aliphatic carbocycles. The molecular formula is C25H34N4O5S2. The number of rotatable bonds is 6. The van der Waals surface area contributed by atoms with E-state index in [4.69, 9.17) is 4.74 Å². The zero-order valence-electron chi connectivity index (χ0n) is 21.3. The number of hydrogen-bond acceptors (Lipinski definition) is 7. The van der Waals surface area contributed by atoms with Crippen LogP contribution >= 0.6 is 11.3 Å². The van der Waals surface area contributed by atoms with Crippen LogP contribution in [0.5, 0.6) is 0 Å². The molecule has 0 bridgehead atoms. The molecule has 4 rings (SSSR count). The fraction of sp³-hybridized carbons (Fsp3) is 0.520. The van der Waals surface area contributed by atoms with Crippen LogP contribution in [-0.2, 0) is 27.7 Å². The summed E-state index contributed by atoms with van der Waals surface area (Å²) in [6.45, 7) is 10.2. The zero-order chi connectivity index (χ0) is 26.2. The molecule has 0 spiro atoms. The van der Waals surface area contributed by atoms with Gasteiger partial charge >= 0.3 is 0 Å². The summed E-state index contributed by atoms with van der Waals surface area (Å²) in [5.74, 6) is -0.617. The Bertz CT molecular complexity index is 1230. The summed E-state index contributed by atoms with van der Waals surface area (Å²) in [5.41, 5.74) is 1.82. The van der Waals surface area contributed by atoms with E-state index < -0.39 is 15.9 Å². The predicted octanol–water partition coefficient (Wildman–Crippen LogP) is 2.92. The minimum absolute atomic E-state index is 0.131. The van der Waals surface area contributed by atoms with E-state index in [-0.39, 0.29) is 36.1 Å². The van der Waals surface area contributed by atoms with Crippen LogP contribution in [0.1, 0.15) is 58.9 Å². The number of fused-ring (bicyclic) bond motifs is 1. The normalized spacial score (nSPS) is 21.3. The Morgan fingerprint density at radius 2 is 1.72 bits per heavy atom. The maximum atomic E-state index is 13.1. The molecule has 2 amide bonds. The van der Waals surface area contributed by atoms with Crippen molar-refractivity contribution in [3.8, 4) is 0 Å². The van der Waals surface area contributed by atoms with Gasteiger partial charge in [-0.2, -0.15) is 4.31 Å². The lowest BCUT2D eigenvalue weighted by Crippen LogP contribution is -2.48. The number of amides is 2. The maximum absolute atomic E-state index is 13.1. The quantitative estimate of drug-likeness (QED) is 0.590. The Balaban J connectivity index is 1.54. The van der Waals surface area contributed by atoms with Crippen LogP contribution in [-0.4, -0.2) is 74.4 Å². The van der Waals surface area contributed by atoms with Crippen LogP contribution in [0.3, 0.4) is 0 Å². The van der Waals surface area contributed by atoms with Gasteiger partial charge in [0, 0.05) is 49.7 Å². The van der Waals surface area contributed by atoms with E-state index in [2.05, 4.69) is 29.4 Å². The minimum atomic E-state index is -3.70. The van der Waals surface area contributed by atoms with Crippen molar-refractivity contribution in [3.63, 3.8) is 0 Å². The first-order chi connectivity index (χ1) is 17.0. The number of ether oxygens (including phenoxy) is 1. The van der Waals surface area contributed by atoms with Gasteiger partial charge < -0.3 is 15.4 Å². The summed E-state index contributed by atoms with van der Waals surface area (Å²) in [4.78, 5) is 29.3. The Labute approximate surface area is 216 Å². The van der Waals surface area contributed by atoms with Gasteiger partial charge in [-0.3, -0.25) is 14.5 Å². The van der Waals surface area contributed by atoms with Gasteiger partial charge in [-0.1, -0.05) is 0 Å². The summed E-state index contributed by atoms with van der Waals surface area (Å²) in [6, 6.07) is 6.30. The molecule has 1 saturated heterocycles. The summed E-state index contributed by atoms with van der Waals surface area (Å²) in [6.07, 6.45) is 0.369. The van der Waals surface area contributed by atoms with Crippen molar-refractivity contribution in [1.82, 2.24) is 14.5 Å². The van der Waals surface area contributed by atoms with E-state index in [1.807, 2.05) is 13.8 Å². The highest BCUT2D eigenvalue weighted by Gasteiger charge is 2.33. The van der Waals surface area contributed by atoms with Crippen molar-refractivity contribution in [2.24, 2.45) is 0 Å². The number of carbonyl (C=O) groups is 2. The lowest BCUT2D eigenvalue weighted by Gasteiger charge is -2.34. The second-order valence-corrected chi connectivity index (χ2v) is 12.7. The third-order valence-electron chi connectivity index (χ3n) is 6.64. The van der Waals surface area contributed by atoms with Gasteiger partial charge in [0.1, 0.15) is 5.00 Å². The average molecular weight is 535 g/mol. The van der Waals surface area contributed by atoms with Crippen molar-refractivity contribution in [1.29, 1.82) is 0 Å². The van der Waals surface area contributed by atoms with Gasteiger partial charge in [0.2, 0.25) is 10.0 Å². The number of nitrogens with zero attached hydrogens (tertiary/aromatic N) is 2. The van der Waals surface area contributed by atoms with E-state index in [0.717, 1.165) is 30.0 Å². The van der Waals surface area contributed by atoms with Gasteiger partial charge in [-0.05, 0) is 63.9 Å². The van der Waals surface area contributed by atoms with Crippen LogP contribution in [0, 0.1) is 0 Å². The third kappa shape index (κ3) is 5.35. The molecule has 1 fully saturated rings. The smallest absolute Gasteiger partial charge is 0.256 e. The summed E-state index contributed by atoms with van der Waals surface area (Å²) in [7, 11) is -2.12. The average Bonchev–Trinajstić information content (AvgIpc) is 3.19. The van der Waals surface area contributed by atoms with Gasteiger partial charge in [0.15, 0.2) is 0 Å². The van der Waals surface area contributed by atoms with Gasteiger partial charge in [0.25, 0.3) is 11.8 Å². The maximum Gasteiger partial charge on any atom is 0.256 e. The lowest BCUT2D eigenvalue weighted by molar-refractivity contribution is -0.0440. The van der Waals surface area contributed by atoms with Crippen molar-refractivity contribution in [3.05, 3.63) is 45.8 Å². The van der Waals surface area contributed by atoms with E-state index in [1.165, 1.54) is 39.9 Å². The molecule has 36 heavy (non-hydrogen) atoms. The molecule has 11 heteroatoms. The summed E-state index contributed by atoms with van der Waals surface area (Å²) in [5, 5.41) is 6.11. The fourth-order valence-electron chi connectivity index (χ4n) is 4.75. The topological polar surface area (TPSA) is 108 Å². The number of morpholine rings is 1. The number of carbonyl (C=O) groups excluding carboxylic acids is 2. The van der Waals surface area contributed by atoms with Crippen LogP contribution in [0.2, 0.25) is 0 Å². The van der Waals surface area contributed by atoms with E-state index >= 15 is 0 Å². The molecule has 9 nitrogen and oxygen atoms in total. The number of anilines is 1. The van der Waals surface area contributed by atoms with E-state index in [9.17, 15) is 18.0 Å². The molecule has 196 valence electrons. The molecule has 1 aromatic heterocycles. The second kappa shape index (κ2) is 10.6. The molecule has 2 aliphatic rings. The van der Waals surface area contributed by atoms with Gasteiger partial charge in [-0.15, -0.1) is 11.3 Å². The standard InChI is InChI=1S/C25H34N4O5S2/c1-15(2)28-11-10-20-21(14-28)35-25(22(20)24(31)26-5)27-23(30)18-6-8-19(9-7-18)36(32,33)29-12-16(3)34-17(4)13-29/h6-9,15-17H,10-14H2,1-5H3,(H,26,31)(H,27,30)/t16-,17+. The van der Waals surface area contributed by atoms with Crippen molar-refractivity contribution >= 4 is 38.2 Å². The molecule has 1 aromatic carbocycles. The Kier molecular flexibility index (Phi) is 7.86. The molecule has 0 unspecified atom stereocenters. The Hall–Kier alpha value is -2.31. The fourth-order valence-corrected chi connectivity index (χ4v) is 7.60. The molecular weight excluding hydrogens is 500 g/mol. The number of sulfonamides is 1. The van der Waals surface area contributed by atoms with E-state index in [1.54, 1.807) is 7.05 Å². The molecule has 0 saturated carbocycles. The number of benzene rings is 1. The van der Waals surface area contributed by atoms with Crippen LogP contribution in [0.4, 0.5) is 5.00 Å². The third-order valence-corrected chi connectivity index (χ3v) is 9.62. The van der Waals surface area contributed by atoms with Crippen LogP contribution in [0.15, 0.2) is 29.2 Å². The largest absolute Gasteiger partial charge is 0.373 e. The SMILES string of the molecule is CNC(=O)c1c(NC(=O)c2ccc(S(=O)(=O)N3C[C@@H](C)O[C@@H](C)C3)cc2)sc2c1CCN(C(C)C)C2. The molecule has 2 aromatic rings. The predicted molar refractivity (Wildman–Crippen MR) is 140 cm³/mol. The molecule has 2 N–H and O–H groups in total. The van der Waals surface area contributed by atoms with Gasteiger partial charge in [0.05, 0.1) is 22.7 Å². The van der Waals surface area contributed by atoms with Crippen molar-refractivity contribution in [2.45, 2.75) is 63.8 Å². The first-order valence-corrected chi connectivity index (χ1v) is 14.4. The molecule has 0 radical (unpaired) electrons. The molecule has 2 atom stereocenters. The number of thiophene rings is 1. The van der Waals surface area contributed by atoms with Crippen LogP contribution in [0.25, 0.3) is 0 Å².